The van der Waals surface area contributed by atoms with Gasteiger partial charge in [0.15, 0.2) is 0 Å². The SMILES string of the molecule is CC(Br)C1(CCc2ccccc2[N+](=O)[O-])CC1. The van der Waals surface area contributed by atoms with E-state index >= 15 is 0 Å². The minimum absolute atomic E-state index is 0.255. The Bertz CT molecular complexity index is 427. The number of rotatable bonds is 5. The van der Waals surface area contributed by atoms with Gasteiger partial charge in [0.1, 0.15) is 0 Å². The van der Waals surface area contributed by atoms with Crippen molar-refractivity contribution in [2.75, 3.05) is 0 Å². The maximum Gasteiger partial charge on any atom is 0.272 e. The molecule has 0 saturated heterocycles. The lowest BCUT2D eigenvalue weighted by Gasteiger charge is -2.17. The number of nitrogens with zero attached hydrogens (tertiary/aromatic N) is 1. The first kappa shape index (κ1) is 12.6. The van der Waals surface area contributed by atoms with Crippen LogP contribution in [0.15, 0.2) is 24.3 Å². The van der Waals surface area contributed by atoms with Crippen molar-refractivity contribution >= 4 is 21.6 Å². The average molecular weight is 298 g/mol. The number of alkyl halides is 1. The predicted molar refractivity (Wildman–Crippen MR) is 71.5 cm³/mol. The maximum atomic E-state index is 10.9. The van der Waals surface area contributed by atoms with Crippen LogP contribution in [0.5, 0.6) is 0 Å². The molecule has 1 aliphatic rings. The molecular weight excluding hydrogens is 282 g/mol. The van der Waals surface area contributed by atoms with Gasteiger partial charge < -0.3 is 0 Å². The normalized spacial score (nSPS) is 18.7. The Morgan fingerprint density at radius 3 is 2.65 bits per heavy atom. The summed E-state index contributed by atoms with van der Waals surface area (Å²) in [5.41, 5.74) is 1.49. The summed E-state index contributed by atoms with van der Waals surface area (Å²) in [5.74, 6) is 0. The summed E-state index contributed by atoms with van der Waals surface area (Å²) >= 11 is 3.65. The van der Waals surface area contributed by atoms with Gasteiger partial charge in [0, 0.05) is 16.5 Å². The van der Waals surface area contributed by atoms with Crippen LogP contribution in [0, 0.1) is 15.5 Å². The fraction of sp³-hybridized carbons (Fsp3) is 0.538. The average Bonchev–Trinajstić information content (AvgIpc) is 3.07. The lowest BCUT2D eigenvalue weighted by molar-refractivity contribution is -0.385. The number of hydrogen-bond donors (Lipinski definition) is 0. The minimum atomic E-state index is -0.285. The van der Waals surface area contributed by atoms with Crippen LogP contribution in [0.2, 0.25) is 0 Å². The van der Waals surface area contributed by atoms with Gasteiger partial charge in [0.25, 0.3) is 5.69 Å². The molecule has 17 heavy (non-hydrogen) atoms. The molecule has 1 saturated carbocycles. The van der Waals surface area contributed by atoms with Crippen LogP contribution in [0.25, 0.3) is 0 Å². The van der Waals surface area contributed by atoms with Gasteiger partial charge in [-0.15, -0.1) is 0 Å². The highest BCUT2D eigenvalue weighted by Gasteiger charge is 2.45. The highest BCUT2D eigenvalue weighted by Crippen LogP contribution is 2.54. The molecule has 3 nitrogen and oxygen atoms in total. The molecule has 0 radical (unpaired) electrons. The maximum absolute atomic E-state index is 10.9. The zero-order valence-corrected chi connectivity index (χ0v) is 11.4. The third-order valence-electron chi connectivity index (χ3n) is 3.82. The second-order valence-corrected chi connectivity index (χ2v) is 6.24. The summed E-state index contributed by atoms with van der Waals surface area (Å²) in [7, 11) is 0. The van der Waals surface area contributed by atoms with E-state index < -0.39 is 0 Å². The third-order valence-corrected chi connectivity index (χ3v) is 4.79. The van der Waals surface area contributed by atoms with Gasteiger partial charge in [-0.05, 0) is 31.1 Å². The second kappa shape index (κ2) is 4.77. The van der Waals surface area contributed by atoms with Crippen LogP contribution in [0.4, 0.5) is 5.69 Å². The first-order valence-corrected chi connectivity index (χ1v) is 6.83. The van der Waals surface area contributed by atoms with Crippen LogP contribution < -0.4 is 0 Å². The quantitative estimate of drug-likeness (QED) is 0.467. The van der Waals surface area contributed by atoms with Gasteiger partial charge in [0.05, 0.1) is 4.92 Å². The largest absolute Gasteiger partial charge is 0.272 e. The molecule has 0 aromatic heterocycles. The molecule has 2 rings (SSSR count). The zero-order chi connectivity index (χ0) is 12.5. The number of hydrogen-bond acceptors (Lipinski definition) is 2. The fourth-order valence-electron chi connectivity index (χ4n) is 2.29. The first-order chi connectivity index (χ1) is 8.05. The van der Waals surface area contributed by atoms with Crippen molar-refractivity contribution in [1.29, 1.82) is 0 Å². The molecule has 4 heteroatoms. The number of nitro benzene ring substituents is 1. The number of para-hydroxylation sites is 1. The molecule has 1 aliphatic carbocycles. The van der Waals surface area contributed by atoms with E-state index in [1.54, 1.807) is 12.1 Å². The fourth-order valence-corrected chi connectivity index (χ4v) is 2.98. The van der Waals surface area contributed by atoms with Crippen molar-refractivity contribution in [2.24, 2.45) is 5.41 Å². The Hall–Kier alpha value is -0.900. The highest BCUT2D eigenvalue weighted by molar-refractivity contribution is 9.09. The van der Waals surface area contributed by atoms with Gasteiger partial charge in [0.2, 0.25) is 0 Å². The number of aryl methyl sites for hydroxylation is 1. The van der Waals surface area contributed by atoms with E-state index in [2.05, 4.69) is 22.9 Å². The van der Waals surface area contributed by atoms with Gasteiger partial charge >= 0.3 is 0 Å². The van der Waals surface area contributed by atoms with E-state index in [-0.39, 0.29) is 10.6 Å². The van der Waals surface area contributed by atoms with Crippen LogP contribution in [0.3, 0.4) is 0 Å². The molecule has 0 N–H and O–H groups in total. The summed E-state index contributed by atoms with van der Waals surface area (Å²) in [6, 6.07) is 7.06. The standard InChI is InChI=1S/C13H16BrNO2/c1-10(14)13(8-9-13)7-6-11-4-2-3-5-12(11)15(16)17/h2-5,10H,6-9H2,1H3. The van der Waals surface area contributed by atoms with Crippen LogP contribution in [0.1, 0.15) is 31.7 Å². The van der Waals surface area contributed by atoms with Crippen LogP contribution in [-0.4, -0.2) is 9.75 Å². The molecule has 0 bridgehead atoms. The second-order valence-electron chi connectivity index (χ2n) is 4.86. The van der Waals surface area contributed by atoms with E-state index in [4.69, 9.17) is 0 Å². The summed E-state index contributed by atoms with van der Waals surface area (Å²) in [4.78, 5) is 11.1. The Morgan fingerprint density at radius 1 is 1.47 bits per heavy atom. The van der Waals surface area contributed by atoms with Crippen molar-refractivity contribution in [1.82, 2.24) is 0 Å². The Labute approximate surface area is 110 Å². The molecule has 1 unspecified atom stereocenters. The summed E-state index contributed by atoms with van der Waals surface area (Å²) in [6.45, 7) is 2.17. The van der Waals surface area contributed by atoms with Gasteiger partial charge in [-0.1, -0.05) is 41.1 Å². The number of halogens is 1. The van der Waals surface area contributed by atoms with Crippen LogP contribution >= 0.6 is 15.9 Å². The van der Waals surface area contributed by atoms with E-state index in [0.717, 1.165) is 18.4 Å². The third kappa shape index (κ3) is 2.68. The van der Waals surface area contributed by atoms with E-state index in [1.165, 1.54) is 12.8 Å². The Kier molecular flexibility index (Phi) is 3.52. The van der Waals surface area contributed by atoms with Crippen molar-refractivity contribution in [2.45, 2.75) is 37.4 Å². The summed E-state index contributed by atoms with van der Waals surface area (Å²) in [5, 5.41) is 10.9. The molecule has 1 aromatic carbocycles. The molecule has 1 fully saturated rings. The summed E-state index contributed by atoms with van der Waals surface area (Å²) in [6.07, 6.45) is 4.30. The predicted octanol–water partition coefficient (Wildman–Crippen LogP) is 4.09. The Morgan fingerprint density at radius 2 is 2.12 bits per heavy atom. The molecule has 92 valence electrons. The van der Waals surface area contributed by atoms with Crippen molar-refractivity contribution in [3.8, 4) is 0 Å². The van der Waals surface area contributed by atoms with E-state index in [1.807, 2.05) is 12.1 Å². The molecular formula is C13H16BrNO2. The molecule has 0 aliphatic heterocycles. The summed E-state index contributed by atoms with van der Waals surface area (Å²) < 4.78 is 0. The van der Waals surface area contributed by atoms with E-state index in [0.29, 0.717) is 10.2 Å². The molecule has 0 amide bonds. The highest BCUT2D eigenvalue weighted by atomic mass is 79.9. The van der Waals surface area contributed by atoms with Gasteiger partial charge in [-0.2, -0.15) is 0 Å². The van der Waals surface area contributed by atoms with E-state index in [9.17, 15) is 10.1 Å². The van der Waals surface area contributed by atoms with Gasteiger partial charge in [-0.25, -0.2) is 0 Å². The minimum Gasteiger partial charge on any atom is -0.258 e. The van der Waals surface area contributed by atoms with Crippen LogP contribution in [-0.2, 0) is 6.42 Å². The molecule has 0 heterocycles. The van der Waals surface area contributed by atoms with Crippen molar-refractivity contribution < 1.29 is 4.92 Å². The van der Waals surface area contributed by atoms with Crippen molar-refractivity contribution in [3.05, 3.63) is 39.9 Å². The topological polar surface area (TPSA) is 43.1 Å². The smallest absolute Gasteiger partial charge is 0.258 e. The first-order valence-electron chi connectivity index (χ1n) is 5.91. The molecule has 0 spiro atoms. The lowest BCUT2D eigenvalue weighted by Crippen LogP contribution is -2.13. The lowest BCUT2D eigenvalue weighted by atomic mass is 9.94. The number of benzene rings is 1. The van der Waals surface area contributed by atoms with Crippen molar-refractivity contribution in [3.63, 3.8) is 0 Å². The molecule has 1 aromatic rings. The monoisotopic (exact) mass is 297 g/mol. The molecule has 1 atom stereocenters. The van der Waals surface area contributed by atoms with Gasteiger partial charge in [-0.3, -0.25) is 10.1 Å². The Balaban J connectivity index is 2.07. The zero-order valence-electron chi connectivity index (χ0n) is 9.86. The number of nitro groups is 1.